The lowest BCUT2D eigenvalue weighted by Gasteiger charge is -2.17. The molecule has 1 unspecified atom stereocenters. The van der Waals surface area contributed by atoms with Gasteiger partial charge in [0.1, 0.15) is 11.9 Å². The number of carbonyl (C=O) groups is 2. The third-order valence-electron chi connectivity index (χ3n) is 4.06. The molecule has 1 aromatic heterocycles. The van der Waals surface area contributed by atoms with Crippen molar-refractivity contribution in [3.63, 3.8) is 0 Å². The highest BCUT2D eigenvalue weighted by atomic mass is 19.1. The summed E-state index contributed by atoms with van der Waals surface area (Å²) in [7, 11) is 1.59. The SMILES string of the molecule is Cc1c(C(=O)C(=O)O)c(C)n(C)c1C(O)Nc1ccc(F)c(C#N)c1. The number of nitrogens with one attached hydrogen (secondary N) is 1. The molecule has 0 aliphatic rings. The average Bonchev–Trinajstić information content (AvgIpc) is 2.78. The summed E-state index contributed by atoms with van der Waals surface area (Å²) in [4.78, 5) is 22.8. The van der Waals surface area contributed by atoms with Crippen LogP contribution in [0, 0.1) is 31.0 Å². The van der Waals surface area contributed by atoms with Crippen molar-refractivity contribution in [3.8, 4) is 6.07 Å². The Morgan fingerprint density at radius 3 is 2.56 bits per heavy atom. The van der Waals surface area contributed by atoms with Crippen LogP contribution in [0.4, 0.5) is 10.1 Å². The number of halogens is 1. The molecule has 8 heteroatoms. The molecule has 0 saturated carbocycles. The fourth-order valence-corrected chi connectivity index (χ4v) is 2.76. The standard InChI is InChI=1S/C17H16FN3O4/c1-8-13(15(22)17(24)25)9(2)21(3)14(8)16(23)20-11-4-5-12(18)10(6-11)7-19/h4-6,16,20,23H,1-3H3,(H,24,25). The molecule has 0 radical (unpaired) electrons. The normalized spacial score (nSPS) is 11.7. The van der Waals surface area contributed by atoms with Crippen LogP contribution >= 0.6 is 0 Å². The Morgan fingerprint density at radius 2 is 2.00 bits per heavy atom. The Hall–Kier alpha value is -3.18. The van der Waals surface area contributed by atoms with E-state index in [4.69, 9.17) is 10.4 Å². The number of rotatable bonds is 5. The molecule has 1 aromatic carbocycles. The van der Waals surface area contributed by atoms with E-state index in [1.165, 1.54) is 23.6 Å². The maximum atomic E-state index is 13.4. The Labute approximate surface area is 142 Å². The van der Waals surface area contributed by atoms with E-state index in [0.29, 0.717) is 22.6 Å². The van der Waals surface area contributed by atoms with Gasteiger partial charge in [-0.05, 0) is 37.6 Å². The second-order valence-corrected chi connectivity index (χ2v) is 5.52. The van der Waals surface area contributed by atoms with Crippen LogP contribution in [-0.2, 0) is 11.8 Å². The van der Waals surface area contributed by atoms with Crippen molar-refractivity contribution in [1.82, 2.24) is 4.57 Å². The molecule has 0 aliphatic carbocycles. The molecule has 2 aromatic rings. The highest BCUT2D eigenvalue weighted by Gasteiger charge is 2.28. The van der Waals surface area contributed by atoms with Gasteiger partial charge in [0.05, 0.1) is 16.8 Å². The van der Waals surface area contributed by atoms with E-state index >= 15 is 0 Å². The molecule has 0 spiro atoms. The Kier molecular flexibility index (Phi) is 4.90. The van der Waals surface area contributed by atoms with Crippen molar-refractivity contribution in [2.24, 2.45) is 7.05 Å². The number of ketones is 1. The van der Waals surface area contributed by atoms with Gasteiger partial charge in [-0.25, -0.2) is 9.18 Å². The summed E-state index contributed by atoms with van der Waals surface area (Å²) in [5.41, 5.74) is 1.16. The highest BCUT2D eigenvalue weighted by molar-refractivity contribution is 6.40. The first-order valence-electron chi connectivity index (χ1n) is 7.26. The maximum Gasteiger partial charge on any atom is 0.377 e. The second-order valence-electron chi connectivity index (χ2n) is 5.52. The van der Waals surface area contributed by atoms with Crippen LogP contribution in [0.15, 0.2) is 18.2 Å². The number of nitrogens with zero attached hydrogens (tertiary/aromatic N) is 2. The predicted octanol–water partition coefficient (Wildman–Crippen LogP) is 2.02. The lowest BCUT2D eigenvalue weighted by atomic mass is 10.1. The first kappa shape index (κ1) is 18.2. The van der Waals surface area contributed by atoms with Gasteiger partial charge < -0.3 is 20.1 Å². The third kappa shape index (κ3) is 3.22. The van der Waals surface area contributed by atoms with E-state index in [1.54, 1.807) is 20.0 Å². The van der Waals surface area contributed by atoms with Crippen LogP contribution in [-0.4, -0.2) is 26.5 Å². The largest absolute Gasteiger partial charge is 0.475 e. The summed E-state index contributed by atoms with van der Waals surface area (Å²) in [6.07, 6.45) is -1.30. The van der Waals surface area contributed by atoms with Crippen LogP contribution in [0.25, 0.3) is 0 Å². The minimum Gasteiger partial charge on any atom is -0.475 e. The second kappa shape index (κ2) is 6.75. The Bertz CT molecular complexity index is 912. The Balaban J connectivity index is 2.42. The van der Waals surface area contributed by atoms with Crippen molar-refractivity contribution in [2.45, 2.75) is 20.1 Å². The Morgan fingerprint density at radius 1 is 1.36 bits per heavy atom. The van der Waals surface area contributed by atoms with Crippen LogP contribution in [0.5, 0.6) is 0 Å². The van der Waals surface area contributed by atoms with Crippen molar-refractivity contribution in [2.75, 3.05) is 5.32 Å². The molecule has 7 nitrogen and oxygen atoms in total. The third-order valence-corrected chi connectivity index (χ3v) is 4.06. The number of hydrogen-bond donors (Lipinski definition) is 3. The van der Waals surface area contributed by atoms with Gasteiger partial charge in [-0.2, -0.15) is 5.26 Å². The number of nitriles is 1. The summed E-state index contributed by atoms with van der Waals surface area (Å²) in [5.74, 6) is -3.32. The average molecular weight is 345 g/mol. The van der Waals surface area contributed by atoms with E-state index in [-0.39, 0.29) is 11.1 Å². The lowest BCUT2D eigenvalue weighted by molar-refractivity contribution is -0.131. The zero-order valence-electron chi connectivity index (χ0n) is 13.8. The number of Topliss-reactive ketones (excluding diaryl/α,β-unsaturated/α-hetero) is 1. The fraction of sp³-hybridized carbons (Fsp3) is 0.235. The van der Waals surface area contributed by atoms with Gasteiger partial charge in [0.2, 0.25) is 0 Å². The molecule has 0 aliphatic heterocycles. The molecule has 0 fully saturated rings. The first-order valence-corrected chi connectivity index (χ1v) is 7.26. The van der Waals surface area contributed by atoms with Gasteiger partial charge in [0.25, 0.3) is 5.78 Å². The first-order chi connectivity index (χ1) is 11.7. The number of carbonyl (C=O) groups excluding carboxylic acids is 1. The molecule has 1 atom stereocenters. The number of aliphatic carboxylic acids is 1. The van der Waals surface area contributed by atoms with Crippen LogP contribution < -0.4 is 5.32 Å². The van der Waals surface area contributed by atoms with Crippen LogP contribution in [0.1, 0.15) is 39.1 Å². The minimum absolute atomic E-state index is 0.0164. The number of aliphatic hydroxyl groups is 1. The predicted molar refractivity (Wildman–Crippen MR) is 86.6 cm³/mol. The van der Waals surface area contributed by atoms with Crippen LogP contribution in [0.2, 0.25) is 0 Å². The molecular formula is C17H16FN3O4. The number of aromatic nitrogens is 1. The molecular weight excluding hydrogens is 329 g/mol. The number of hydrogen-bond acceptors (Lipinski definition) is 5. The molecule has 25 heavy (non-hydrogen) atoms. The van der Waals surface area contributed by atoms with Crippen molar-refractivity contribution in [3.05, 3.63) is 52.1 Å². The minimum atomic E-state index is -1.58. The number of benzene rings is 1. The maximum absolute atomic E-state index is 13.4. The van der Waals surface area contributed by atoms with Crippen molar-refractivity contribution >= 4 is 17.4 Å². The highest BCUT2D eigenvalue weighted by Crippen LogP contribution is 2.28. The van der Waals surface area contributed by atoms with Gasteiger partial charge in [0.15, 0.2) is 6.23 Å². The summed E-state index contributed by atoms with van der Waals surface area (Å²) < 4.78 is 14.9. The van der Waals surface area contributed by atoms with Gasteiger partial charge in [-0.3, -0.25) is 4.79 Å². The quantitative estimate of drug-likeness (QED) is 0.434. The van der Waals surface area contributed by atoms with E-state index in [1.807, 2.05) is 0 Å². The van der Waals surface area contributed by atoms with Crippen LogP contribution in [0.3, 0.4) is 0 Å². The molecule has 0 amide bonds. The van der Waals surface area contributed by atoms with Gasteiger partial charge in [-0.1, -0.05) is 0 Å². The monoisotopic (exact) mass is 345 g/mol. The van der Waals surface area contributed by atoms with Gasteiger partial charge >= 0.3 is 5.97 Å². The fourth-order valence-electron chi connectivity index (χ4n) is 2.76. The molecule has 0 saturated heterocycles. The topological polar surface area (TPSA) is 115 Å². The summed E-state index contributed by atoms with van der Waals surface area (Å²) in [5, 5.41) is 31.0. The molecule has 0 bridgehead atoms. The lowest BCUT2D eigenvalue weighted by Crippen LogP contribution is -2.15. The zero-order valence-corrected chi connectivity index (χ0v) is 13.8. The molecule has 2 rings (SSSR count). The molecule has 130 valence electrons. The van der Waals surface area contributed by atoms with E-state index in [2.05, 4.69) is 5.32 Å². The molecule has 1 heterocycles. The number of aliphatic hydroxyl groups excluding tert-OH is 1. The smallest absolute Gasteiger partial charge is 0.377 e. The van der Waals surface area contributed by atoms with Crippen molar-refractivity contribution < 1.29 is 24.2 Å². The van der Waals surface area contributed by atoms with Crippen molar-refractivity contribution in [1.29, 1.82) is 5.26 Å². The summed E-state index contributed by atoms with van der Waals surface area (Å²) in [6.45, 7) is 3.11. The van der Waals surface area contributed by atoms with E-state index < -0.39 is 23.8 Å². The summed E-state index contributed by atoms with van der Waals surface area (Å²) in [6, 6.07) is 5.39. The number of carboxylic acid groups (broad SMARTS) is 1. The van der Waals surface area contributed by atoms with Gasteiger partial charge in [-0.15, -0.1) is 0 Å². The van der Waals surface area contributed by atoms with Gasteiger partial charge in [0, 0.05) is 18.4 Å². The van der Waals surface area contributed by atoms with E-state index in [9.17, 15) is 19.1 Å². The number of carboxylic acids is 1. The summed E-state index contributed by atoms with van der Waals surface area (Å²) >= 11 is 0. The van der Waals surface area contributed by atoms with E-state index in [0.717, 1.165) is 6.07 Å². The molecule has 3 N–H and O–H groups in total. The number of anilines is 1. The zero-order chi connectivity index (χ0) is 18.9.